The molecule has 0 aromatic heterocycles. The predicted octanol–water partition coefficient (Wildman–Crippen LogP) is 3.76. The maximum absolute atomic E-state index is 14.4. The lowest BCUT2D eigenvalue weighted by molar-refractivity contribution is 0.415. The zero-order chi connectivity index (χ0) is 19.9. The smallest absolute Gasteiger partial charge is 0.164 e. The fourth-order valence-electron chi connectivity index (χ4n) is 3.34. The summed E-state index contributed by atoms with van der Waals surface area (Å²) < 4.78 is 43.3. The zero-order valence-electron chi connectivity index (χ0n) is 15.0. The highest BCUT2D eigenvalue weighted by atomic mass is 35.5. The number of hydrogen-bond acceptors (Lipinski definition) is 6. The molecule has 2 atom stereocenters. The van der Waals surface area contributed by atoms with Crippen LogP contribution in [0, 0.1) is 5.82 Å². The van der Waals surface area contributed by atoms with Crippen LogP contribution < -0.4 is 9.64 Å². The molecule has 5 nitrogen and oxygen atoms in total. The summed E-state index contributed by atoms with van der Waals surface area (Å²) >= 11 is 7.66. The second-order valence-electron chi connectivity index (χ2n) is 6.70. The first-order valence-electron chi connectivity index (χ1n) is 8.65. The molecule has 1 fully saturated rings. The van der Waals surface area contributed by atoms with E-state index in [1.165, 1.54) is 17.8 Å². The average molecular weight is 441 g/mol. The monoisotopic (exact) mass is 440 g/mol. The Morgan fingerprint density at radius 1 is 1.25 bits per heavy atom. The number of aliphatic imine (C=N–C) groups is 1. The molecule has 4 rings (SSSR count). The summed E-state index contributed by atoms with van der Waals surface area (Å²) in [5, 5.41) is 0.913. The Morgan fingerprint density at radius 2 is 2.00 bits per heavy atom. The standard InChI is InChI=1S/C19H18ClFN2O3S2/c1-26-13-7-5-12(6-8-13)23(9-14-15(20)3-2-4-16(14)21)19-22-17-10-28(24,25)11-18(17)27-19/h2-8,17-18H,9-11H2,1H3. The Bertz CT molecular complexity index is 1010. The summed E-state index contributed by atoms with van der Waals surface area (Å²) in [7, 11) is -1.46. The van der Waals surface area contributed by atoms with E-state index in [1.807, 2.05) is 29.2 Å². The number of thioether (sulfide) groups is 1. The molecule has 0 amide bonds. The van der Waals surface area contributed by atoms with Crippen LogP contribution in [0.3, 0.4) is 0 Å². The van der Waals surface area contributed by atoms with Crippen LogP contribution in [0.4, 0.5) is 10.1 Å². The molecule has 0 N–H and O–H groups in total. The maximum atomic E-state index is 14.4. The normalized spacial score (nSPS) is 22.6. The first kappa shape index (κ1) is 19.5. The number of amidine groups is 1. The van der Waals surface area contributed by atoms with Gasteiger partial charge in [0.2, 0.25) is 0 Å². The Morgan fingerprint density at radius 3 is 2.64 bits per heavy atom. The number of rotatable bonds is 4. The molecule has 148 valence electrons. The molecule has 1 saturated heterocycles. The highest BCUT2D eigenvalue weighted by Gasteiger charge is 2.44. The van der Waals surface area contributed by atoms with E-state index >= 15 is 0 Å². The Labute approximate surface area is 172 Å². The molecule has 2 heterocycles. The van der Waals surface area contributed by atoms with Gasteiger partial charge in [-0.25, -0.2) is 12.8 Å². The highest BCUT2D eigenvalue weighted by molar-refractivity contribution is 8.15. The van der Waals surface area contributed by atoms with Crippen molar-refractivity contribution in [2.75, 3.05) is 23.5 Å². The Hall–Kier alpha value is -1.77. The van der Waals surface area contributed by atoms with Gasteiger partial charge < -0.3 is 9.64 Å². The van der Waals surface area contributed by atoms with Crippen molar-refractivity contribution in [1.82, 2.24) is 0 Å². The molecule has 2 unspecified atom stereocenters. The highest BCUT2D eigenvalue weighted by Crippen LogP contribution is 2.38. The molecule has 9 heteroatoms. The van der Waals surface area contributed by atoms with E-state index in [9.17, 15) is 12.8 Å². The molecule has 0 aliphatic carbocycles. The minimum absolute atomic E-state index is 0.0606. The van der Waals surface area contributed by atoms with Gasteiger partial charge in [-0.15, -0.1) is 0 Å². The molecule has 2 aliphatic heterocycles. The van der Waals surface area contributed by atoms with Crippen LogP contribution in [0.15, 0.2) is 47.5 Å². The molecule has 2 aromatic carbocycles. The second kappa shape index (κ2) is 7.57. The molecule has 0 spiro atoms. The van der Waals surface area contributed by atoms with Gasteiger partial charge in [0.25, 0.3) is 0 Å². The van der Waals surface area contributed by atoms with Crippen molar-refractivity contribution < 1.29 is 17.5 Å². The third-order valence-corrected chi connectivity index (χ3v) is 8.40. The summed E-state index contributed by atoms with van der Waals surface area (Å²) in [6.07, 6.45) is 0. The number of methoxy groups -OCH3 is 1. The van der Waals surface area contributed by atoms with Crippen LogP contribution in [-0.4, -0.2) is 43.5 Å². The predicted molar refractivity (Wildman–Crippen MR) is 112 cm³/mol. The first-order chi connectivity index (χ1) is 13.4. The number of benzene rings is 2. The van der Waals surface area contributed by atoms with Gasteiger partial charge >= 0.3 is 0 Å². The summed E-state index contributed by atoms with van der Waals surface area (Å²) in [6, 6.07) is 11.7. The lowest BCUT2D eigenvalue weighted by Gasteiger charge is -2.25. The maximum Gasteiger partial charge on any atom is 0.164 e. The molecule has 0 bridgehead atoms. The van der Waals surface area contributed by atoms with E-state index in [2.05, 4.69) is 4.99 Å². The van der Waals surface area contributed by atoms with Crippen molar-refractivity contribution in [3.05, 3.63) is 58.9 Å². The van der Waals surface area contributed by atoms with Crippen molar-refractivity contribution in [1.29, 1.82) is 0 Å². The van der Waals surface area contributed by atoms with Crippen molar-refractivity contribution in [3.63, 3.8) is 0 Å². The minimum atomic E-state index is -3.04. The summed E-state index contributed by atoms with van der Waals surface area (Å²) in [6.45, 7) is 0.190. The van der Waals surface area contributed by atoms with E-state index in [0.717, 1.165) is 5.69 Å². The lowest BCUT2D eigenvalue weighted by atomic mass is 10.2. The van der Waals surface area contributed by atoms with E-state index in [4.69, 9.17) is 16.3 Å². The third kappa shape index (κ3) is 3.86. The number of hydrogen-bond donors (Lipinski definition) is 0. The number of halogens is 2. The molecule has 0 saturated carbocycles. The van der Waals surface area contributed by atoms with Crippen molar-refractivity contribution in [2.45, 2.75) is 17.8 Å². The fraction of sp³-hybridized carbons (Fsp3) is 0.316. The Kier molecular flexibility index (Phi) is 5.28. The quantitative estimate of drug-likeness (QED) is 0.724. The fourth-order valence-corrected chi connectivity index (χ4v) is 7.35. The van der Waals surface area contributed by atoms with Gasteiger partial charge in [0, 0.05) is 21.5 Å². The number of fused-ring (bicyclic) bond motifs is 1. The molecule has 28 heavy (non-hydrogen) atoms. The van der Waals surface area contributed by atoms with Gasteiger partial charge in [-0.2, -0.15) is 0 Å². The van der Waals surface area contributed by atoms with Crippen LogP contribution >= 0.6 is 23.4 Å². The van der Waals surface area contributed by atoms with E-state index < -0.39 is 15.7 Å². The molecular weight excluding hydrogens is 423 g/mol. The van der Waals surface area contributed by atoms with E-state index in [-0.39, 0.29) is 29.3 Å². The molecule has 2 aromatic rings. The van der Waals surface area contributed by atoms with Gasteiger partial charge in [-0.3, -0.25) is 4.99 Å². The van der Waals surface area contributed by atoms with Crippen LogP contribution in [0.25, 0.3) is 0 Å². The van der Waals surface area contributed by atoms with Crippen molar-refractivity contribution in [3.8, 4) is 5.75 Å². The Balaban J connectivity index is 1.70. The van der Waals surface area contributed by atoms with Crippen LogP contribution in [0.1, 0.15) is 5.56 Å². The van der Waals surface area contributed by atoms with Crippen molar-refractivity contribution >= 4 is 44.1 Å². The van der Waals surface area contributed by atoms with Crippen molar-refractivity contribution in [2.24, 2.45) is 4.99 Å². The third-order valence-electron chi connectivity index (χ3n) is 4.80. The average Bonchev–Trinajstić information content (AvgIpc) is 3.15. The summed E-state index contributed by atoms with van der Waals surface area (Å²) in [4.78, 5) is 6.52. The van der Waals surface area contributed by atoms with Crippen LogP contribution in [-0.2, 0) is 16.4 Å². The van der Waals surface area contributed by atoms with Gasteiger partial charge in [0.1, 0.15) is 11.6 Å². The number of sulfone groups is 1. The van der Waals surface area contributed by atoms with Gasteiger partial charge in [0.15, 0.2) is 15.0 Å². The van der Waals surface area contributed by atoms with Gasteiger partial charge in [0.05, 0.1) is 31.2 Å². The topological polar surface area (TPSA) is 59.0 Å². The van der Waals surface area contributed by atoms with E-state index in [0.29, 0.717) is 21.5 Å². The van der Waals surface area contributed by atoms with Gasteiger partial charge in [-0.1, -0.05) is 29.4 Å². The minimum Gasteiger partial charge on any atom is -0.497 e. The number of anilines is 1. The molecule has 2 aliphatic rings. The lowest BCUT2D eigenvalue weighted by Crippen LogP contribution is -2.28. The second-order valence-corrected chi connectivity index (χ2v) is 10.5. The largest absolute Gasteiger partial charge is 0.497 e. The van der Waals surface area contributed by atoms with Gasteiger partial charge in [-0.05, 0) is 36.4 Å². The zero-order valence-corrected chi connectivity index (χ0v) is 17.4. The number of nitrogens with zero attached hydrogens (tertiary/aromatic N) is 2. The number of ether oxygens (including phenoxy) is 1. The molecule has 0 radical (unpaired) electrons. The first-order valence-corrected chi connectivity index (χ1v) is 11.7. The SMILES string of the molecule is COc1ccc(N(Cc2c(F)cccc2Cl)C2=NC3CS(=O)(=O)CC3S2)cc1. The van der Waals surface area contributed by atoms with Crippen LogP contribution in [0.5, 0.6) is 5.75 Å². The van der Waals surface area contributed by atoms with Crippen LogP contribution in [0.2, 0.25) is 5.02 Å². The molecular formula is C19H18ClFN2O3S2. The van der Waals surface area contributed by atoms with E-state index in [1.54, 1.807) is 19.2 Å². The summed E-state index contributed by atoms with van der Waals surface area (Å²) in [5.41, 5.74) is 1.17. The summed E-state index contributed by atoms with van der Waals surface area (Å²) in [5.74, 6) is 0.492.